The van der Waals surface area contributed by atoms with Crippen molar-refractivity contribution >= 4 is 0 Å². The lowest BCUT2D eigenvalue weighted by atomic mass is 10.1. The second-order valence-electron chi connectivity index (χ2n) is 4.09. The number of aryl methyl sites for hydroxylation is 1. The first-order chi connectivity index (χ1) is 7.20. The van der Waals surface area contributed by atoms with E-state index in [4.69, 9.17) is 0 Å². The van der Waals surface area contributed by atoms with Gasteiger partial charge in [0.2, 0.25) is 0 Å². The Morgan fingerprint density at radius 2 is 2.13 bits per heavy atom. The average molecular weight is 209 g/mol. The number of rotatable bonds is 6. The van der Waals surface area contributed by atoms with E-state index in [9.17, 15) is 0 Å². The van der Waals surface area contributed by atoms with Gasteiger partial charge in [-0.2, -0.15) is 0 Å². The molecule has 2 atom stereocenters. The molecule has 0 aliphatic heterocycles. The van der Waals surface area contributed by atoms with Crippen molar-refractivity contribution in [1.82, 2.24) is 14.9 Å². The third kappa shape index (κ3) is 3.06. The number of nitrogens with zero attached hydrogens (tertiary/aromatic N) is 2. The zero-order valence-corrected chi connectivity index (χ0v) is 10.3. The molecule has 1 heterocycles. The molecule has 1 aromatic heterocycles. The standard InChI is InChI=1S/C12H23N3/c1-5-7-12-14-8-9-15(12)11(4)10(3)13-6-2/h8-11,13H,5-7H2,1-4H3. The third-order valence-corrected chi connectivity index (χ3v) is 2.91. The van der Waals surface area contributed by atoms with E-state index in [1.807, 2.05) is 6.20 Å². The molecule has 0 radical (unpaired) electrons. The minimum absolute atomic E-state index is 0.467. The Morgan fingerprint density at radius 1 is 1.40 bits per heavy atom. The van der Waals surface area contributed by atoms with E-state index in [0.717, 1.165) is 19.4 Å². The molecule has 2 unspecified atom stereocenters. The molecule has 1 aromatic rings. The van der Waals surface area contributed by atoms with Crippen molar-refractivity contribution in [2.75, 3.05) is 6.54 Å². The summed E-state index contributed by atoms with van der Waals surface area (Å²) in [5.74, 6) is 1.20. The molecule has 1 rings (SSSR count). The van der Waals surface area contributed by atoms with Gasteiger partial charge in [-0.05, 0) is 26.8 Å². The zero-order chi connectivity index (χ0) is 11.3. The summed E-state index contributed by atoms with van der Waals surface area (Å²) in [5, 5.41) is 3.45. The van der Waals surface area contributed by atoms with Crippen LogP contribution < -0.4 is 5.32 Å². The third-order valence-electron chi connectivity index (χ3n) is 2.91. The van der Waals surface area contributed by atoms with Crippen LogP contribution in [0.25, 0.3) is 0 Å². The summed E-state index contributed by atoms with van der Waals surface area (Å²) in [7, 11) is 0. The lowest BCUT2D eigenvalue weighted by molar-refractivity contribution is 0.389. The van der Waals surface area contributed by atoms with E-state index < -0.39 is 0 Å². The normalized spacial score (nSPS) is 15.2. The monoisotopic (exact) mass is 209 g/mol. The Hall–Kier alpha value is -0.830. The van der Waals surface area contributed by atoms with Crippen LogP contribution in [0.15, 0.2) is 12.4 Å². The molecular formula is C12H23N3. The van der Waals surface area contributed by atoms with Crippen molar-refractivity contribution in [2.24, 2.45) is 0 Å². The fourth-order valence-electron chi connectivity index (χ4n) is 1.87. The fourth-order valence-corrected chi connectivity index (χ4v) is 1.87. The van der Waals surface area contributed by atoms with Gasteiger partial charge in [-0.25, -0.2) is 4.98 Å². The molecule has 0 spiro atoms. The molecule has 1 N–H and O–H groups in total. The van der Waals surface area contributed by atoms with Crippen LogP contribution in [-0.4, -0.2) is 22.1 Å². The van der Waals surface area contributed by atoms with Crippen molar-refractivity contribution in [3.63, 3.8) is 0 Å². The average Bonchev–Trinajstić information content (AvgIpc) is 2.66. The molecule has 0 aliphatic rings. The van der Waals surface area contributed by atoms with Crippen LogP contribution in [0.5, 0.6) is 0 Å². The van der Waals surface area contributed by atoms with E-state index in [1.54, 1.807) is 0 Å². The van der Waals surface area contributed by atoms with E-state index in [2.05, 4.69) is 48.8 Å². The molecule has 86 valence electrons. The van der Waals surface area contributed by atoms with E-state index in [0.29, 0.717) is 12.1 Å². The summed E-state index contributed by atoms with van der Waals surface area (Å²) in [6.07, 6.45) is 6.21. The fraction of sp³-hybridized carbons (Fsp3) is 0.750. The molecule has 3 heteroatoms. The summed E-state index contributed by atoms with van der Waals surface area (Å²) in [4.78, 5) is 4.40. The van der Waals surface area contributed by atoms with Crippen molar-refractivity contribution in [3.05, 3.63) is 18.2 Å². The highest BCUT2D eigenvalue weighted by atomic mass is 15.1. The predicted octanol–water partition coefficient (Wildman–Crippen LogP) is 2.39. The molecular weight excluding hydrogens is 186 g/mol. The van der Waals surface area contributed by atoms with Gasteiger partial charge in [-0.3, -0.25) is 0 Å². The van der Waals surface area contributed by atoms with Gasteiger partial charge in [-0.15, -0.1) is 0 Å². The first-order valence-corrected chi connectivity index (χ1v) is 5.95. The number of imidazole rings is 1. The molecule has 0 saturated carbocycles. The van der Waals surface area contributed by atoms with Crippen molar-refractivity contribution in [1.29, 1.82) is 0 Å². The zero-order valence-electron chi connectivity index (χ0n) is 10.3. The largest absolute Gasteiger partial charge is 0.331 e. The molecule has 0 bridgehead atoms. The van der Waals surface area contributed by atoms with Gasteiger partial charge in [0.25, 0.3) is 0 Å². The van der Waals surface area contributed by atoms with E-state index >= 15 is 0 Å². The molecule has 0 fully saturated rings. The number of hydrogen-bond donors (Lipinski definition) is 1. The van der Waals surface area contributed by atoms with Crippen LogP contribution in [0.2, 0.25) is 0 Å². The molecule has 15 heavy (non-hydrogen) atoms. The topological polar surface area (TPSA) is 29.9 Å². The van der Waals surface area contributed by atoms with Gasteiger partial charge in [0.1, 0.15) is 5.82 Å². The first kappa shape index (κ1) is 12.2. The number of likely N-dealkylation sites (N-methyl/N-ethyl adjacent to an activating group) is 1. The van der Waals surface area contributed by atoms with Gasteiger partial charge >= 0.3 is 0 Å². The highest BCUT2D eigenvalue weighted by Crippen LogP contribution is 2.14. The summed E-state index contributed by atoms with van der Waals surface area (Å²) in [5.41, 5.74) is 0. The Bertz CT molecular complexity index is 280. The van der Waals surface area contributed by atoms with E-state index in [-0.39, 0.29) is 0 Å². The Balaban J connectivity index is 2.71. The highest BCUT2D eigenvalue weighted by molar-refractivity contribution is 4.96. The smallest absolute Gasteiger partial charge is 0.108 e. The minimum atomic E-state index is 0.467. The maximum absolute atomic E-state index is 4.40. The summed E-state index contributed by atoms with van der Waals surface area (Å²) in [6, 6.07) is 0.953. The van der Waals surface area contributed by atoms with Crippen LogP contribution in [0.4, 0.5) is 0 Å². The van der Waals surface area contributed by atoms with E-state index in [1.165, 1.54) is 5.82 Å². The van der Waals surface area contributed by atoms with Crippen LogP contribution in [0, 0.1) is 0 Å². The van der Waals surface area contributed by atoms with Crippen LogP contribution >= 0.6 is 0 Å². The SMILES string of the molecule is CCCc1nccn1C(C)C(C)NCC. The summed E-state index contributed by atoms with van der Waals surface area (Å²) >= 11 is 0. The quantitative estimate of drug-likeness (QED) is 0.779. The number of nitrogens with one attached hydrogen (secondary N) is 1. The predicted molar refractivity (Wildman–Crippen MR) is 64.1 cm³/mol. The lowest BCUT2D eigenvalue weighted by Crippen LogP contribution is -2.33. The van der Waals surface area contributed by atoms with Crippen LogP contribution in [-0.2, 0) is 6.42 Å². The Morgan fingerprint density at radius 3 is 2.73 bits per heavy atom. The van der Waals surface area contributed by atoms with Gasteiger partial charge < -0.3 is 9.88 Å². The van der Waals surface area contributed by atoms with Crippen molar-refractivity contribution in [2.45, 2.75) is 52.6 Å². The maximum atomic E-state index is 4.40. The van der Waals surface area contributed by atoms with Gasteiger partial charge in [-0.1, -0.05) is 13.8 Å². The van der Waals surface area contributed by atoms with Gasteiger partial charge in [0.15, 0.2) is 0 Å². The second kappa shape index (κ2) is 5.91. The second-order valence-corrected chi connectivity index (χ2v) is 4.09. The molecule has 0 aliphatic carbocycles. The van der Waals surface area contributed by atoms with Crippen molar-refractivity contribution < 1.29 is 0 Å². The number of hydrogen-bond acceptors (Lipinski definition) is 2. The molecule has 0 saturated heterocycles. The number of aromatic nitrogens is 2. The Labute approximate surface area is 92.9 Å². The Kier molecular flexibility index (Phi) is 4.82. The minimum Gasteiger partial charge on any atom is -0.331 e. The van der Waals surface area contributed by atoms with Gasteiger partial charge in [0, 0.05) is 30.9 Å². The lowest BCUT2D eigenvalue weighted by Gasteiger charge is -2.23. The van der Waals surface area contributed by atoms with Gasteiger partial charge in [0.05, 0.1) is 0 Å². The van der Waals surface area contributed by atoms with Crippen LogP contribution in [0.3, 0.4) is 0 Å². The summed E-state index contributed by atoms with van der Waals surface area (Å²) in [6.45, 7) is 9.82. The maximum Gasteiger partial charge on any atom is 0.108 e. The molecule has 0 amide bonds. The van der Waals surface area contributed by atoms with Crippen LogP contribution in [0.1, 0.15) is 46.0 Å². The molecule has 0 aromatic carbocycles. The summed E-state index contributed by atoms with van der Waals surface area (Å²) < 4.78 is 2.29. The first-order valence-electron chi connectivity index (χ1n) is 5.95. The van der Waals surface area contributed by atoms with Crippen molar-refractivity contribution in [3.8, 4) is 0 Å². The molecule has 3 nitrogen and oxygen atoms in total. The highest BCUT2D eigenvalue weighted by Gasteiger charge is 2.15.